The first-order valence-electron chi connectivity index (χ1n) is 7.69. The van der Waals surface area contributed by atoms with E-state index in [0.29, 0.717) is 5.56 Å². The number of nitrogens with one attached hydrogen (secondary N) is 1. The van der Waals surface area contributed by atoms with E-state index in [2.05, 4.69) is 53.8 Å². The maximum absolute atomic E-state index is 11.1. The number of rotatable bonds is 6. The van der Waals surface area contributed by atoms with Gasteiger partial charge in [-0.2, -0.15) is 0 Å². The van der Waals surface area contributed by atoms with Crippen LogP contribution in [-0.4, -0.2) is 17.4 Å². The molecule has 0 heterocycles. The van der Waals surface area contributed by atoms with Gasteiger partial charge < -0.3 is 10.4 Å². The molecule has 0 bridgehead atoms. The minimum atomic E-state index is -0.910. The third-order valence-electron chi connectivity index (χ3n) is 3.69. The van der Waals surface area contributed by atoms with Crippen molar-refractivity contribution in [1.29, 1.82) is 0 Å². The minimum absolute atomic E-state index is 0.295. The van der Waals surface area contributed by atoms with Crippen LogP contribution in [0.3, 0.4) is 0 Å². The lowest BCUT2D eigenvalue weighted by Crippen LogP contribution is -2.17. The number of carboxylic acid groups (broad SMARTS) is 1. The van der Waals surface area contributed by atoms with Gasteiger partial charge in [-0.25, -0.2) is 4.79 Å². The Kier molecular flexibility index (Phi) is 5.25. The molecular weight excluding hydrogens is 317 g/mol. The van der Waals surface area contributed by atoms with Gasteiger partial charge >= 0.3 is 5.97 Å². The normalized spacial score (nSPS) is 10.5. The summed E-state index contributed by atoms with van der Waals surface area (Å²) in [4.78, 5) is 11.1. The van der Waals surface area contributed by atoms with Gasteiger partial charge in [0.1, 0.15) is 0 Å². The zero-order valence-electron chi connectivity index (χ0n) is 13.1. The summed E-state index contributed by atoms with van der Waals surface area (Å²) in [6, 6.07) is 27.8. The van der Waals surface area contributed by atoms with E-state index < -0.39 is 13.9 Å². The third kappa shape index (κ3) is 4.01. The maximum atomic E-state index is 11.1. The second-order valence-electron chi connectivity index (χ2n) is 5.32. The van der Waals surface area contributed by atoms with Crippen LogP contribution in [0.4, 0.5) is 5.69 Å². The zero-order valence-corrected chi connectivity index (χ0v) is 14.0. The summed E-state index contributed by atoms with van der Waals surface area (Å²) in [6.45, 7) is 0. The van der Waals surface area contributed by atoms with Crippen LogP contribution in [0.2, 0.25) is 0 Å². The Labute approximate surface area is 142 Å². The van der Waals surface area contributed by atoms with Crippen LogP contribution in [0.1, 0.15) is 10.4 Å². The monoisotopic (exact) mass is 335 g/mol. The Bertz CT molecular complexity index is 767. The second kappa shape index (κ2) is 7.76. The molecule has 3 aromatic rings. The molecule has 0 aliphatic carbocycles. The molecule has 0 radical (unpaired) electrons. The van der Waals surface area contributed by atoms with Gasteiger partial charge in [0.15, 0.2) is 0 Å². The molecule has 0 atom stereocenters. The van der Waals surface area contributed by atoms with Crippen LogP contribution >= 0.6 is 7.92 Å². The van der Waals surface area contributed by atoms with Crippen molar-refractivity contribution in [2.75, 3.05) is 11.6 Å². The molecular formula is C20H18NO2P. The first-order valence-corrected chi connectivity index (χ1v) is 9.21. The molecule has 0 aromatic heterocycles. The molecule has 0 spiro atoms. The average molecular weight is 335 g/mol. The van der Waals surface area contributed by atoms with Crippen molar-refractivity contribution in [3.05, 3.63) is 90.5 Å². The summed E-state index contributed by atoms with van der Waals surface area (Å²) in [5.74, 6) is -0.910. The molecule has 3 aromatic carbocycles. The fourth-order valence-electron chi connectivity index (χ4n) is 2.48. The van der Waals surface area contributed by atoms with Gasteiger partial charge in [-0.05, 0) is 36.7 Å². The number of carboxylic acids is 1. The third-order valence-corrected chi connectivity index (χ3v) is 6.00. The van der Waals surface area contributed by atoms with Crippen LogP contribution in [-0.2, 0) is 0 Å². The quantitative estimate of drug-likeness (QED) is 0.672. The Morgan fingerprint density at radius 1 is 0.833 bits per heavy atom. The molecule has 0 aliphatic rings. The van der Waals surface area contributed by atoms with Gasteiger partial charge in [0.2, 0.25) is 0 Å². The second-order valence-corrected chi connectivity index (χ2v) is 7.53. The number of anilines is 1. The van der Waals surface area contributed by atoms with Gasteiger partial charge in [0.05, 0.1) is 5.56 Å². The predicted octanol–water partition coefficient (Wildman–Crippen LogP) is 3.89. The Morgan fingerprint density at radius 2 is 1.42 bits per heavy atom. The van der Waals surface area contributed by atoms with Gasteiger partial charge in [-0.3, -0.25) is 0 Å². The number of aromatic carboxylic acids is 1. The fraction of sp³-hybridized carbons (Fsp3) is 0.0500. The summed E-state index contributed by atoms with van der Waals surface area (Å²) in [7, 11) is -0.558. The molecule has 120 valence electrons. The van der Waals surface area contributed by atoms with E-state index in [-0.39, 0.29) is 0 Å². The lowest BCUT2D eigenvalue weighted by molar-refractivity contribution is 0.0697. The summed E-state index contributed by atoms with van der Waals surface area (Å²) in [6.07, 6.45) is 0.756. The molecule has 0 saturated heterocycles. The first kappa shape index (κ1) is 16.2. The Balaban J connectivity index is 1.83. The maximum Gasteiger partial charge on any atom is 0.335 e. The molecule has 0 unspecified atom stereocenters. The van der Waals surface area contributed by atoms with Gasteiger partial charge in [-0.1, -0.05) is 66.7 Å². The van der Waals surface area contributed by atoms with Crippen molar-refractivity contribution >= 4 is 30.2 Å². The van der Waals surface area contributed by atoms with Crippen LogP contribution in [0.25, 0.3) is 0 Å². The van der Waals surface area contributed by atoms with Crippen molar-refractivity contribution in [2.45, 2.75) is 0 Å². The van der Waals surface area contributed by atoms with E-state index in [9.17, 15) is 4.79 Å². The molecule has 24 heavy (non-hydrogen) atoms. The molecule has 4 heteroatoms. The average Bonchev–Trinajstić information content (AvgIpc) is 2.64. The number of hydrogen-bond acceptors (Lipinski definition) is 2. The molecule has 0 saturated carbocycles. The number of benzene rings is 3. The Morgan fingerprint density at radius 3 is 1.96 bits per heavy atom. The van der Waals surface area contributed by atoms with Crippen molar-refractivity contribution in [3.8, 4) is 0 Å². The van der Waals surface area contributed by atoms with E-state index in [1.54, 1.807) is 18.2 Å². The van der Waals surface area contributed by atoms with Crippen molar-refractivity contribution in [3.63, 3.8) is 0 Å². The van der Waals surface area contributed by atoms with E-state index in [1.165, 1.54) is 10.6 Å². The molecule has 3 rings (SSSR count). The largest absolute Gasteiger partial charge is 0.478 e. The highest BCUT2D eigenvalue weighted by Gasteiger charge is 2.13. The zero-order chi connectivity index (χ0) is 16.8. The molecule has 0 amide bonds. The topological polar surface area (TPSA) is 49.3 Å². The summed E-state index contributed by atoms with van der Waals surface area (Å²) in [5.41, 5.74) is 1.12. The van der Waals surface area contributed by atoms with Crippen LogP contribution in [0.15, 0.2) is 84.9 Å². The number of hydrogen-bond donors (Lipinski definition) is 2. The first-order chi connectivity index (χ1) is 11.7. The van der Waals surface area contributed by atoms with E-state index in [0.717, 1.165) is 12.0 Å². The summed E-state index contributed by atoms with van der Waals surface area (Å²) < 4.78 is 0. The highest BCUT2D eigenvalue weighted by atomic mass is 31.1. The van der Waals surface area contributed by atoms with Crippen molar-refractivity contribution < 1.29 is 9.90 Å². The van der Waals surface area contributed by atoms with Gasteiger partial charge in [-0.15, -0.1) is 0 Å². The Hall–Kier alpha value is -2.64. The van der Waals surface area contributed by atoms with Crippen LogP contribution in [0, 0.1) is 0 Å². The minimum Gasteiger partial charge on any atom is -0.478 e. The number of carbonyl (C=O) groups is 1. The van der Waals surface area contributed by atoms with Crippen molar-refractivity contribution in [1.82, 2.24) is 0 Å². The SMILES string of the molecule is O=C(O)c1cccc(NCP(c2ccccc2)c2ccccc2)c1. The fourth-order valence-corrected chi connectivity index (χ4v) is 4.55. The van der Waals surface area contributed by atoms with E-state index in [1.807, 2.05) is 18.2 Å². The van der Waals surface area contributed by atoms with Gasteiger partial charge in [0.25, 0.3) is 0 Å². The molecule has 0 fully saturated rings. The van der Waals surface area contributed by atoms with Crippen LogP contribution in [0.5, 0.6) is 0 Å². The molecule has 3 nitrogen and oxygen atoms in total. The van der Waals surface area contributed by atoms with Crippen LogP contribution < -0.4 is 15.9 Å². The van der Waals surface area contributed by atoms with Gasteiger partial charge in [0, 0.05) is 12.0 Å². The van der Waals surface area contributed by atoms with E-state index in [4.69, 9.17) is 5.11 Å². The predicted molar refractivity (Wildman–Crippen MR) is 101 cm³/mol. The summed E-state index contributed by atoms with van der Waals surface area (Å²) in [5, 5.41) is 15.1. The highest BCUT2D eigenvalue weighted by Crippen LogP contribution is 2.33. The summed E-state index contributed by atoms with van der Waals surface area (Å²) >= 11 is 0. The lowest BCUT2D eigenvalue weighted by Gasteiger charge is -2.20. The smallest absolute Gasteiger partial charge is 0.335 e. The molecule has 2 N–H and O–H groups in total. The lowest BCUT2D eigenvalue weighted by atomic mass is 10.2. The van der Waals surface area contributed by atoms with Crippen molar-refractivity contribution in [2.24, 2.45) is 0 Å². The highest BCUT2D eigenvalue weighted by molar-refractivity contribution is 7.73. The standard InChI is InChI=1S/C20H18NO2P/c22-20(23)16-8-7-9-17(14-16)21-15-24(18-10-3-1-4-11-18)19-12-5-2-6-13-19/h1-14,21H,15H2,(H,22,23). The molecule has 0 aliphatic heterocycles. The van der Waals surface area contributed by atoms with E-state index >= 15 is 0 Å².